The maximum absolute atomic E-state index is 13.6. The molecule has 0 unspecified atom stereocenters. The molecule has 1 aromatic heterocycles. The summed E-state index contributed by atoms with van der Waals surface area (Å²) in [5.41, 5.74) is 0.569. The minimum atomic E-state index is -1.30. The third-order valence-electron chi connectivity index (χ3n) is 2.46. The normalized spacial score (nSPS) is 10.1. The summed E-state index contributed by atoms with van der Waals surface area (Å²) in [6, 6.07) is 7.24. The van der Waals surface area contributed by atoms with Crippen molar-refractivity contribution in [3.05, 3.63) is 47.9 Å². The Morgan fingerprint density at radius 3 is 2.78 bits per heavy atom. The van der Waals surface area contributed by atoms with Gasteiger partial charge in [0, 0.05) is 11.8 Å². The van der Waals surface area contributed by atoms with Gasteiger partial charge in [-0.25, -0.2) is 9.18 Å². The van der Waals surface area contributed by atoms with E-state index in [1.54, 1.807) is 18.3 Å². The van der Waals surface area contributed by atoms with E-state index < -0.39 is 11.8 Å². The molecule has 0 fully saturated rings. The average Bonchev–Trinajstić information content (AvgIpc) is 2.38. The first-order valence-electron chi connectivity index (χ1n) is 5.15. The van der Waals surface area contributed by atoms with Gasteiger partial charge in [0.1, 0.15) is 17.3 Å². The summed E-state index contributed by atoms with van der Waals surface area (Å²) < 4.78 is 18.7. The van der Waals surface area contributed by atoms with Gasteiger partial charge in [0.25, 0.3) is 0 Å². The molecule has 1 aromatic carbocycles. The predicted octanol–water partition coefficient (Wildman–Crippen LogP) is 2.59. The first-order chi connectivity index (χ1) is 8.63. The van der Waals surface area contributed by atoms with Crippen LogP contribution in [0.5, 0.6) is 5.75 Å². The Morgan fingerprint density at radius 2 is 2.17 bits per heavy atom. The summed E-state index contributed by atoms with van der Waals surface area (Å²) in [7, 11) is 1.49. The number of benzene rings is 1. The van der Waals surface area contributed by atoms with Gasteiger partial charge in [-0.3, -0.25) is 4.98 Å². The van der Waals surface area contributed by atoms with E-state index in [0.717, 1.165) is 6.07 Å². The summed E-state index contributed by atoms with van der Waals surface area (Å²) in [5, 5.41) is 8.75. The summed E-state index contributed by atoms with van der Waals surface area (Å²) in [6.45, 7) is 0. The zero-order valence-electron chi connectivity index (χ0n) is 9.55. The zero-order valence-corrected chi connectivity index (χ0v) is 9.55. The van der Waals surface area contributed by atoms with E-state index in [4.69, 9.17) is 9.84 Å². The third kappa shape index (κ3) is 2.15. The highest BCUT2D eigenvalue weighted by molar-refractivity contribution is 5.88. The molecule has 4 nitrogen and oxygen atoms in total. The van der Waals surface area contributed by atoms with Crippen LogP contribution in [0.4, 0.5) is 4.39 Å². The Labute approximate surface area is 103 Å². The van der Waals surface area contributed by atoms with E-state index >= 15 is 0 Å². The number of hydrogen-bond donors (Lipinski definition) is 1. The molecule has 0 saturated carbocycles. The van der Waals surface area contributed by atoms with Gasteiger partial charge in [-0.1, -0.05) is 6.07 Å². The fourth-order valence-corrected chi connectivity index (χ4v) is 1.61. The molecule has 92 valence electrons. The summed E-state index contributed by atoms with van der Waals surface area (Å²) in [6.07, 6.45) is 1.56. The van der Waals surface area contributed by atoms with Crippen molar-refractivity contribution in [3.63, 3.8) is 0 Å². The number of rotatable bonds is 3. The van der Waals surface area contributed by atoms with Crippen molar-refractivity contribution in [2.24, 2.45) is 0 Å². The molecule has 0 aliphatic heterocycles. The lowest BCUT2D eigenvalue weighted by molar-refractivity contribution is 0.0692. The molecular weight excluding hydrogens is 237 g/mol. The SMILES string of the molecule is COc1cccnc1-c1ccc(C(=O)O)c(F)c1. The van der Waals surface area contributed by atoms with Crippen LogP contribution in [0.1, 0.15) is 10.4 Å². The van der Waals surface area contributed by atoms with E-state index in [2.05, 4.69) is 4.98 Å². The van der Waals surface area contributed by atoms with E-state index in [1.807, 2.05) is 0 Å². The monoisotopic (exact) mass is 247 g/mol. The maximum atomic E-state index is 13.6. The van der Waals surface area contributed by atoms with Gasteiger partial charge < -0.3 is 9.84 Å². The molecule has 1 heterocycles. The van der Waals surface area contributed by atoms with Crippen LogP contribution in [0.2, 0.25) is 0 Å². The Balaban J connectivity index is 2.52. The van der Waals surface area contributed by atoms with Gasteiger partial charge in [-0.05, 0) is 24.3 Å². The molecule has 0 radical (unpaired) electrons. The Morgan fingerprint density at radius 1 is 1.39 bits per heavy atom. The van der Waals surface area contributed by atoms with Crippen molar-refractivity contribution >= 4 is 5.97 Å². The van der Waals surface area contributed by atoms with Crippen LogP contribution in [0, 0.1) is 5.82 Å². The van der Waals surface area contributed by atoms with Crippen LogP contribution < -0.4 is 4.74 Å². The molecular formula is C13H10FNO3. The van der Waals surface area contributed by atoms with Gasteiger partial charge in [0.2, 0.25) is 0 Å². The first kappa shape index (κ1) is 12.0. The number of aromatic nitrogens is 1. The minimum absolute atomic E-state index is 0.367. The highest BCUT2D eigenvalue weighted by Crippen LogP contribution is 2.28. The number of carbonyl (C=O) groups is 1. The van der Waals surface area contributed by atoms with Gasteiger partial charge >= 0.3 is 5.97 Å². The second-order valence-corrected chi connectivity index (χ2v) is 3.55. The molecule has 18 heavy (non-hydrogen) atoms. The zero-order chi connectivity index (χ0) is 13.1. The number of methoxy groups -OCH3 is 1. The number of carboxylic acids is 1. The van der Waals surface area contributed by atoms with Crippen molar-refractivity contribution < 1.29 is 19.0 Å². The molecule has 1 N–H and O–H groups in total. The molecule has 0 aliphatic rings. The summed E-state index contributed by atoms with van der Waals surface area (Å²) in [5.74, 6) is -1.60. The van der Waals surface area contributed by atoms with E-state index in [-0.39, 0.29) is 5.56 Å². The number of aromatic carboxylic acids is 1. The minimum Gasteiger partial charge on any atom is -0.494 e. The molecule has 0 aliphatic carbocycles. The van der Waals surface area contributed by atoms with E-state index in [0.29, 0.717) is 17.0 Å². The highest BCUT2D eigenvalue weighted by atomic mass is 19.1. The Hall–Kier alpha value is -2.43. The second kappa shape index (κ2) is 4.83. The Bertz CT molecular complexity index is 599. The standard InChI is InChI=1S/C13H10FNO3/c1-18-11-3-2-6-15-12(11)8-4-5-9(13(16)17)10(14)7-8/h2-7H,1H3,(H,16,17). The molecule has 2 aromatic rings. The van der Waals surface area contributed by atoms with Gasteiger partial charge in [-0.2, -0.15) is 0 Å². The Kier molecular flexibility index (Phi) is 3.23. The fraction of sp³-hybridized carbons (Fsp3) is 0.0769. The number of carboxylic acid groups (broad SMARTS) is 1. The number of halogens is 1. The summed E-state index contributed by atoms with van der Waals surface area (Å²) >= 11 is 0. The molecule has 0 bridgehead atoms. The molecule has 5 heteroatoms. The molecule has 0 spiro atoms. The maximum Gasteiger partial charge on any atom is 0.338 e. The molecule has 2 rings (SSSR count). The van der Waals surface area contributed by atoms with Crippen LogP contribution in [-0.2, 0) is 0 Å². The molecule has 0 atom stereocenters. The van der Waals surface area contributed by atoms with Crippen LogP contribution in [0.3, 0.4) is 0 Å². The van der Waals surface area contributed by atoms with Crippen LogP contribution in [-0.4, -0.2) is 23.2 Å². The smallest absolute Gasteiger partial charge is 0.338 e. The summed E-state index contributed by atoms with van der Waals surface area (Å²) in [4.78, 5) is 14.8. The lowest BCUT2D eigenvalue weighted by Gasteiger charge is -2.07. The molecule has 0 amide bonds. The predicted molar refractivity (Wildman–Crippen MR) is 63.1 cm³/mol. The van der Waals surface area contributed by atoms with E-state index in [1.165, 1.54) is 19.2 Å². The quantitative estimate of drug-likeness (QED) is 0.905. The largest absolute Gasteiger partial charge is 0.494 e. The molecule has 0 saturated heterocycles. The van der Waals surface area contributed by atoms with Crippen molar-refractivity contribution in [2.45, 2.75) is 0 Å². The van der Waals surface area contributed by atoms with Crippen molar-refractivity contribution in [3.8, 4) is 17.0 Å². The van der Waals surface area contributed by atoms with Crippen molar-refractivity contribution in [1.29, 1.82) is 0 Å². The van der Waals surface area contributed by atoms with Crippen LogP contribution in [0.15, 0.2) is 36.5 Å². The van der Waals surface area contributed by atoms with Gasteiger partial charge in [0.15, 0.2) is 0 Å². The average molecular weight is 247 g/mol. The lowest BCUT2D eigenvalue weighted by atomic mass is 10.1. The number of nitrogens with zero attached hydrogens (tertiary/aromatic N) is 1. The second-order valence-electron chi connectivity index (χ2n) is 3.55. The number of pyridine rings is 1. The van der Waals surface area contributed by atoms with Crippen LogP contribution in [0.25, 0.3) is 11.3 Å². The van der Waals surface area contributed by atoms with Gasteiger partial charge in [-0.15, -0.1) is 0 Å². The topological polar surface area (TPSA) is 59.4 Å². The number of ether oxygens (including phenoxy) is 1. The first-order valence-corrected chi connectivity index (χ1v) is 5.15. The van der Waals surface area contributed by atoms with Gasteiger partial charge in [0.05, 0.1) is 12.7 Å². The highest BCUT2D eigenvalue weighted by Gasteiger charge is 2.13. The van der Waals surface area contributed by atoms with Crippen LogP contribution >= 0.6 is 0 Å². The lowest BCUT2D eigenvalue weighted by Crippen LogP contribution is -2.00. The van der Waals surface area contributed by atoms with Crippen molar-refractivity contribution in [1.82, 2.24) is 4.98 Å². The third-order valence-corrected chi connectivity index (χ3v) is 2.46. The van der Waals surface area contributed by atoms with Crippen molar-refractivity contribution in [2.75, 3.05) is 7.11 Å². The number of hydrogen-bond acceptors (Lipinski definition) is 3. The van der Waals surface area contributed by atoms with E-state index in [9.17, 15) is 9.18 Å². The fourth-order valence-electron chi connectivity index (χ4n) is 1.61.